The first-order valence-electron chi connectivity index (χ1n) is 9.66. The molecule has 0 aromatic heterocycles. The van der Waals surface area contributed by atoms with E-state index in [0.29, 0.717) is 24.3 Å². The van der Waals surface area contributed by atoms with Crippen LogP contribution in [-0.2, 0) is 20.9 Å². The Labute approximate surface area is 175 Å². The molecule has 1 heterocycles. The summed E-state index contributed by atoms with van der Waals surface area (Å²) in [6.07, 6.45) is 2.17. The van der Waals surface area contributed by atoms with E-state index in [1.54, 1.807) is 29.2 Å². The van der Waals surface area contributed by atoms with E-state index in [1.165, 1.54) is 12.0 Å². The van der Waals surface area contributed by atoms with Crippen LogP contribution in [0.1, 0.15) is 28.8 Å². The maximum atomic E-state index is 12.8. The number of amides is 2. The van der Waals surface area contributed by atoms with Crippen LogP contribution in [0.2, 0.25) is 0 Å². The van der Waals surface area contributed by atoms with Crippen LogP contribution in [0.4, 0.5) is 16.2 Å². The van der Waals surface area contributed by atoms with Crippen molar-refractivity contribution in [2.24, 2.45) is 0 Å². The minimum atomic E-state index is -0.584. The molecule has 0 atom stereocenters. The molecule has 1 fully saturated rings. The van der Waals surface area contributed by atoms with Gasteiger partial charge in [-0.3, -0.25) is 9.69 Å². The monoisotopic (exact) mass is 408 g/mol. The third-order valence-electron chi connectivity index (χ3n) is 4.76. The molecular formula is C23H24N2O5. The van der Waals surface area contributed by atoms with Gasteiger partial charge in [-0.15, -0.1) is 6.58 Å². The number of methoxy groups -OCH3 is 1. The second-order valence-corrected chi connectivity index (χ2v) is 6.82. The van der Waals surface area contributed by atoms with Gasteiger partial charge < -0.3 is 14.4 Å². The first-order chi connectivity index (χ1) is 14.5. The molecule has 1 saturated heterocycles. The zero-order chi connectivity index (χ0) is 21.5. The highest BCUT2D eigenvalue weighted by molar-refractivity contribution is 6.00. The van der Waals surface area contributed by atoms with Crippen molar-refractivity contribution in [2.75, 3.05) is 30.0 Å². The minimum absolute atomic E-state index is 0.0232. The van der Waals surface area contributed by atoms with Gasteiger partial charge in [0.15, 0.2) is 0 Å². The average Bonchev–Trinajstić information content (AvgIpc) is 3.21. The zero-order valence-corrected chi connectivity index (χ0v) is 16.9. The molecule has 30 heavy (non-hydrogen) atoms. The van der Waals surface area contributed by atoms with Crippen molar-refractivity contribution in [3.8, 4) is 0 Å². The fourth-order valence-electron chi connectivity index (χ4n) is 3.28. The molecule has 1 aliphatic heterocycles. The maximum absolute atomic E-state index is 12.8. The van der Waals surface area contributed by atoms with Crippen LogP contribution >= 0.6 is 0 Å². The summed E-state index contributed by atoms with van der Waals surface area (Å²) in [5.74, 6) is -0.578. The first-order valence-corrected chi connectivity index (χ1v) is 9.66. The van der Waals surface area contributed by atoms with E-state index in [2.05, 4.69) is 6.58 Å². The molecule has 0 aliphatic carbocycles. The quantitative estimate of drug-likeness (QED) is 0.513. The molecule has 0 N–H and O–H groups in total. The number of carbonyl (C=O) groups is 3. The van der Waals surface area contributed by atoms with Crippen molar-refractivity contribution in [1.29, 1.82) is 0 Å². The predicted molar refractivity (Wildman–Crippen MR) is 114 cm³/mol. The van der Waals surface area contributed by atoms with Crippen LogP contribution in [0.5, 0.6) is 0 Å². The van der Waals surface area contributed by atoms with E-state index in [9.17, 15) is 14.4 Å². The highest BCUT2D eigenvalue weighted by Gasteiger charge is 2.25. The summed E-state index contributed by atoms with van der Waals surface area (Å²) >= 11 is 0. The largest absolute Gasteiger partial charge is 0.465 e. The Kier molecular flexibility index (Phi) is 6.85. The summed E-state index contributed by atoms with van der Waals surface area (Å²) in [7, 11) is 1.28. The van der Waals surface area contributed by atoms with Crippen LogP contribution in [0, 0.1) is 0 Å². The molecule has 0 unspecified atom stereocenters. The van der Waals surface area contributed by atoms with E-state index in [-0.39, 0.29) is 24.6 Å². The van der Waals surface area contributed by atoms with Crippen molar-refractivity contribution in [3.63, 3.8) is 0 Å². The number of esters is 1. The average molecular weight is 408 g/mol. The maximum Gasteiger partial charge on any atom is 0.414 e. The molecule has 156 valence electrons. The van der Waals surface area contributed by atoms with Gasteiger partial charge in [-0.2, -0.15) is 0 Å². The van der Waals surface area contributed by atoms with Gasteiger partial charge in [0.05, 0.1) is 18.4 Å². The SMILES string of the molecule is C=CCN(C(=O)OCc1ccccc1)c1cc(C(=O)OC)cc(N2CCCC2=O)c1. The Balaban J connectivity index is 1.91. The lowest BCUT2D eigenvalue weighted by atomic mass is 10.1. The van der Waals surface area contributed by atoms with E-state index in [4.69, 9.17) is 9.47 Å². The number of benzene rings is 2. The number of hydrogen-bond donors (Lipinski definition) is 0. The van der Waals surface area contributed by atoms with Gasteiger partial charge >= 0.3 is 12.1 Å². The molecule has 2 amide bonds. The fourth-order valence-corrected chi connectivity index (χ4v) is 3.28. The first kappa shape index (κ1) is 21.1. The van der Waals surface area contributed by atoms with Crippen LogP contribution in [0.15, 0.2) is 61.2 Å². The molecule has 7 nitrogen and oxygen atoms in total. The topological polar surface area (TPSA) is 76.2 Å². The van der Waals surface area contributed by atoms with Crippen molar-refractivity contribution in [3.05, 3.63) is 72.3 Å². The molecule has 3 rings (SSSR count). The van der Waals surface area contributed by atoms with Crippen LogP contribution in [-0.4, -0.2) is 38.2 Å². The normalized spacial score (nSPS) is 13.1. The van der Waals surface area contributed by atoms with Crippen LogP contribution in [0.25, 0.3) is 0 Å². The standard InChI is InChI=1S/C23H24N2O5/c1-3-11-25(23(28)30-16-17-8-5-4-6-9-17)20-14-18(22(27)29-2)13-19(15-20)24-12-7-10-21(24)26/h3-6,8-9,13-15H,1,7,10-12,16H2,2H3. The van der Waals surface area contributed by atoms with Gasteiger partial charge in [-0.1, -0.05) is 36.4 Å². The number of hydrogen-bond acceptors (Lipinski definition) is 5. The molecular weight excluding hydrogens is 384 g/mol. The Bertz CT molecular complexity index is 942. The lowest BCUT2D eigenvalue weighted by Gasteiger charge is -2.24. The smallest absolute Gasteiger partial charge is 0.414 e. The Hall–Kier alpha value is -3.61. The molecule has 1 aliphatic rings. The van der Waals surface area contributed by atoms with E-state index < -0.39 is 12.1 Å². The highest BCUT2D eigenvalue weighted by Crippen LogP contribution is 2.29. The Morgan fingerprint density at radius 1 is 1.20 bits per heavy atom. The number of ether oxygens (including phenoxy) is 2. The number of carbonyl (C=O) groups excluding carboxylic acids is 3. The molecule has 2 aromatic carbocycles. The lowest BCUT2D eigenvalue weighted by molar-refractivity contribution is -0.117. The summed E-state index contributed by atoms with van der Waals surface area (Å²) in [5.41, 5.74) is 2.07. The van der Waals surface area contributed by atoms with Crippen molar-refractivity contribution >= 4 is 29.3 Å². The second-order valence-electron chi connectivity index (χ2n) is 6.82. The van der Waals surface area contributed by atoms with Crippen LogP contribution < -0.4 is 9.80 Å². The fraction of sp³-hybridized carbons (Fsp3) is 0.261. The van der Waals surface area contributed by atoms with Gasteiger partial charge in [0, 0.05) is 25.2 Å². The van der Waals surface area contributed by atoms with Gasteiger partial charge in [0.1, 0.15) is 6.61 Å². The molecule has 0 bridgehead atoms. The van der Waals surface area contributed by atoms with Gasteiger partial charge in [-0.05, 0) is 30.2 Å². The van der Waals surface area contributed by atoms with E-state index in [1.807, 2.05) is 30.3 Å². The lowest BCUT2D eigenvalue weighted by Crippen LogP contribution is -2.32. The number of anilines is 2. The molecule has 7 heteroatoms. The molecule has 2 aromatic rings. The van der Waals surface area contributed by atoms with Crippen molar-refractivity contribution < 1.29 is 23.9 Å². The zero-order valence-electron chi connectivity index (χ0n) is 16.9. The minimum Gasteiger partial charge on any atom is -0.465 e. The van der Waals surface area contributed by atoms with E-state index in [0.717, 1.165) is 12.0 Å². The van der Waals surface area contributed by atoms with Crippen molar-refractivity contribution in [2.45, 2.75) is 19.4 Å². The molecule has 0 radical (unpaired) electrons. The Morgan fingerprint density at radius 3 is 2.60 bits per heavy atom. The predicted octanol–water partition coefficient (Wildman–Crippen LogP) is 3.93. The van der Waals surface area contributed by atoms with Gasteiger partial charge in [-0.25, -0.2) is 9.59 Å². The van der Waals surface area contributed by atoms with Gasteiger partial charge in [0.25, 0.3) is 0 Å². The summed E-state index contributed by atoms with van der Waals surface area (Å²) in [5, 5.41) is 0. The van der Waals surface area contributed by atoms with Gasteiger partial charge in [0.2, 0.25) is 5.91 Å². The summed E-state index contributed by atoms with van der Waals surface area (Å²) in [4.78, 5) is 40.2. The van der Waals surface area contributed by atoms with E-state index >= 15 is 0 Å². The Morgan fingerprint density at radius 2 is 1.97 bits per heavy atom. The van der Waals surface area contributed by atoms with Crippen LogP contribution in [0.3, 0.4) is 0 Å². The summed E-state index contributed by atoms with van der Waals surface area (Å²) in [6.45, 7) is 4.55. The second kappa shape index (κ2) is 9.73. The molecule has 0 spiro atoms. The molecule has 0 saturated carbocycles. The third kappa shape index (κ3) is 4.86. The highest BCUT2D eigenvalue weighted by atomic mass is 16.6. The summed E-state index contributed by atoms with van der Waals surface area (Å²) < 4.78 is 10.3. The number of rotatable bonds is 7. The van der Waals surface area contributed by atoms with Crippen molar-refractivity contribution in [1.82, 2.24) is 0 Å². The summed E-state index contributed by atoms with van der Waals surface area (Å²) in [6, 6.07) is 14.2. The third-order valence-corrected chi connectivity index (χ3v) is 4.76. The number of nitrogens with zero attached hydrogens (tertiary/aromatic N) is 2.